The molecule has 3 unspecified atom stereocenters. The number of hydrogen-bond donors (Lipinski definition) is 3. The highest BCUT2D eigenvalue weighted by molar-refractivity contribution is 7.15. The normalized spacial score (nSPS) is 20.0. The Labute approximate surface area is 158 Å². The van der Waals surface area contributed by atoms with E-state index < -0.39 is 0 Å². The van der Waals surface area contributed by atoms with Gasteiger partial charge in [-0.25, -0.2) is 0 Å². The topological polar surface area (TPSA) is 87.1 Å². The summed E-state index contributed by atoms with van der Waals surface area (Å²) in [5.74, 6) is 0.276. The monoisotopic (exact) mass is 374 g/mol. The largest absolute Gasteiger partial charge is 0.396 e. The van der Waals surface area contributed by atoms with Crippen molar-refractivity contribution in [2.24, 2.45) is 0 Å². The minimum Gasteiger partial charge on any atom is -0.396 e. The predicted molar refractivity (Wildman–Crippen MR) is 104 cm³/mol. The van der Waals surface area contributed by atoms with Crippen LogP contribution in [0.2, 0.25) is 0 Å². The number of benzene rings is 1. The predicted octanol–water partition coefficient (Wildman–Crippen LogP) is 3.01. The SMILES string of the molecule is CCC(CCO)NC1CC1c1cc(C(=O)Nc2nnc(C)s2)ccc1C. The second kappa shape index (κ2) is 8.24. The third-order valence-corrected chi connectivity index (χ3v) is 5.65. The van der Waals surface area contributed by atoms with Crippen molar-refractivity contribution < 1.29 is 9.90 Å². The minimum absolute atomic E-state index is 0.153. The second-order valence-electron chi connectivity index (χ2n) is 6.88. The van der Waals surface area contributed by atoms with Crippen LogP contribution in [0.1, 0.15) is 58.6 Å². The van der Waals surface area contributed by atoms with Gasteiger partial charge in [-0.1, -0.05) is 24.3 Å². The zero-order valence-electron chi connectivity index (χ0n) is 15.5. The highest BCUT2D eigenvalue weighted by Gasteiger charge is 2.40. The van der Waals surface area contributed by atoms with Crippen LogP contribution in [0, 0.1) is 13.8 Å². The van der Waals surface area contributed by atoms with Gasteiger partial charge in [0.05, 0.1) is 0 Å². The Kier molecular flexibility index (Phi) is 6.01. The lowest BCUT2D eigenvalue weighted by Gasteiger charge is -2.16. The summed E-state index contributed by atoms with van der Waals surface area (Å²) in [6, 6.07) is 6.64. The molecule has 0 spiro atoms. The summed E-state index contributed by atoms with van der Waals surface area (Å²) in [7, 11) is 0. The molecule has 1 aliphatic carbocycles. The number of nitrogens with zero attached hydrogens (tertiary/aromatic N) is 2. The summed E-state index contributed by atoms with van der Waals surface area (Å²) in [5, 5.41) is 24.8. The molecule has 0 saturated heterocycles. The maximum absolute atomic E-state index is 12.5. The molecule has 1 aromatic carbocycles. The van der Waals surface area contributed by atoms with Gasteiger partial charge in [0.1, 0.15) is 5.01 Å². The van der Waals surface area contributed by atoms with E-state index in [9.17, 15) is 4.79 Å². The highest BCUT2D eigenvalue weighted by atomic mass is 32.1. The lowest BCUT2D eigenvalue weighted by atomic mass is 10.0. The maximum Gasteiger partial charge on any atom is 0.257 e. The summed E-state index contributed by atoms with van der Waals surface area (Å²) < 4.78 is 0. The number of nitrogens with one attached hydrogen (secondary N) is 2. The molecular formula is C19H26N4O2S. The van der Waals surface area contributed by atoms with E-state index in [2.05, 4.69) is 34.7 Å². The van der Waals surface area contributed by atoms with Crippen LogP contribution < -0.4 is 10.6 Å². The molecule has 1 aromatic heterocycles. The maximum atomic E-state index is 12.5. The number of carbonyl (C=O) groups is 1. The number of aromatic nitrogens is 2. The highest BCUT2D eigenvalue weighted by Crippen LogP contribution is 2.43. The fourth-order valence-corrected chi connectivity index (χ4v) is 3.87. The number of amides is 1. The van der Waals surface area contributed by atoms with E-state index >= 15 is 0 Å². The Morgan fingerprint density at radius 2 is 2.19 bits per heavy atom. The molecule has 2 aromatic rings. The molecule has 0 bridgehead atoms. The molecule has 1 aliphatic rings. The Morgan fingerprint density at radius 3 is 2.85 bits per heavy atom. The van der Waals surface area contributed by atoms with E-state index in [1.165, 1.54) is 22.5 Å². The molecule has 26 heavy (non-hydrogen) atoms. The van der Waals surface area contributed by atoms with Gasteiger partial charge in [-0.15, -0.1) is 10.2 Å². The first kappa shape index (κ1) is 18.9. The zero-order chi connectivity index (χ0) is 18.7. The van der Waals surface area contributed by atoms with Crippen LogP contribution in [0.5, 0.6) is 0 Å². The van der Waals surface area contributed by atoms with Gasteiger partial charge in [0, 0.05) is 30.2 Å². The molecule has 140 valence electrons. The average molecular weight is 375 g/mol. The number of aryl methyl sites for hydroxylation is 2. The molecule has 3 atom stereocenters. The van der Waals surface area contributed by atoms with Crippen molar-refractivity contribution in [2.75, 3.05) is 11.9 Å². The summed E-state index contributed by atoms with van der Waals surface area (Å²) in [5.41, 5.74) is 3.08. The van der Waals surface area contributed by atoms with Crippen molar-refractivity contribution in [3.8, 4) is 0 Å². The van der Waals surface area contributed by atoms with Crippen LogP contribution in [0.3, 0.4) is 0 Å². The molecule has 1 heterocycles. The summed E-state index contributed by atoms with van der Waals surface area (Å²) in [6.45, 7) is 6.29. The van der Waals surface area contributed by atoms with E-state index in [1.807, 2.05) is 25.1 Å². The van der Waals surface area contributed by atoms with Gasteiger partial charge in [0.15, 0.2) is 0 Å². The standard InChI is InChI=1S/C19H26N4O2S/c1-4-14(7-8-24)20-17-10-16(17)15-9-13(6-5-11(15)2)18(25)21-19-23-22-12(3)26-19/h5-6,9,14,16-17,20,24H,4,7-8,10H2,1-3H3,(H,21,23,25). The summed E-state index contributed by atoms with van der Waals surface area (Å²) >= 11 is 1.37. The number of aliphatic hydroxyl groups excluding tert-OH is 1. The molecule has 1 saturated carbocycles. The van der Waals surface area contributed by atoms with Gasteiger partial charge < -0.3 is 10.4 Å². The quantitative estimate of drug-likeness (QED) is 0.661. The number of carbonyl (C=O) groups excluding carboxylic acids is 1. The lowest BCUT2D eigenvalue weighted by Crippen LogP contribution is -2.32. The number of anilines is 1. The Bertz CT molecular complexity index is 777. The second-order valence-corrected chi connectivity index (χ2v) is 8.07. The molecular weight excluding hydrogens is 348 g/mol. The van der Waals surface area contributed by atoms with Crippen molar-refractivity contribution >= 4 is 22.4 Å². The molecule has 7 heteroatoms. The number of aliphatic hydroxyl groups is 1. The third kappa shape index (κ3) is 4.47. The van der Waals surface area contributed by atoms with Crippen molar-refractivity contribution in [1.82, 2.24) is 15.5 Å². The van der Waals surface area contributed by atoms with Gasteiger partial charge in [-0.2, -0.15) is 0 Å². The molecule has 0 aliphatic heterocycles. The van der Waals surface area contributed by atoms with Crippen molar-refractivity contribution in [3.63, 3.8) is 0 Å². The Hall–Kier alpha value is -1.83. The van der Waals surface area contributed by atoms with Gasteiger partial charge in [0.25, 0.3) is 5.91 Å². The summed E-state index contributed by atoms with van der Waals surface area (Å²) in [6.07, 6.45) is 2.86. The number of hydrogen-bond acceptors (Lipinski definition) is 6. The van der Waals surface area contributed by atoms with Crippen LogP contribution in [-0.4, -0.2) is 39.9 Å². The zero-order valence-corrected chi connectivity index (χ0v) is 16.3. The van der Waals surface area contributed by atoms with E-state index in [1.54, 1.807) is 0 Å². The first-order chi connectivity index (χ1) is 12.5. The number of rotatable bonds is 8. The molecule has 6 nitrogen and oxygen atoms in total. The Morgan fingerprint density at radius 1 is 1.38 bits per heavy atom. The van der Waals surface area contributed by atoms with Crippen LogP contribution in [-0.2, 0) is 0 Å². The van der Waals surface area contributed by atoms with E-state index in [0.717, 1.165) is 24.3 Å². The van der Waals surface area contributed by atoms with Crippen LogP contribution in [0.15, 0.2) is 18.2 Å². The molecule has 1 fully saturated rings. The van der Waals surface area contributed by atoms with Crippen molar-refractivity contribution in [3.05, 3.63) is 39.9 Å². The van der Waals surface area contributed by atoms with Crippen LogP contribution in [0.25, 0.3) is 0 Å². The first-order valence-corrected chi connectivity index (χ1v) is 9.92. The minimum atomic E-state index is -0.153. The summed E-state index contributed by atoms with van der Waals surface area (Å²) in [4.78, 5) is 12.5. The van der Waals surface area contributed by atoms with E-state index in [-0.39, 0.29) is 12.5 Å². The van der Waals surface area contributed by atoms with E-state index in [4.69, 9.17) is 5.11 Å². The third-order valence-electron chi connectivity index (χ3n) is 4.90. The molecule has 1 amide bonds. The van der Waals surface area contributed by atoms with Crippen molar-refractivity contribution in [1.29, 1.82) is 0 Å². The first-order valence-electron chi connectivity index (χ1n) is 9.10. The molecule has 3 N–H and O–H groups in total. The fourth-order valence-electron chi connectivity index (χ4n) is 3.28. The Balaban J connectivity index is 1.67. The average Bonchev–Trinajstić information content (AvgIpc) is 3.26. The van der Waals surface area contributed by atoms with Gasteiger partial charge in [0.2, 0.25) is 5.13 Å². The lowest BCUT2D eigenvalue weighted by molar-refractivity contribution is 0.102. The van der Waals surface area contributed by atoms with E-state index in [0.29, 0.717) is 28.7 Å². The van der Waals surface area contributed by atoms with Crippen molar-refractivity contribution in [2.45, 2.75) is 58.0 Å². The fraction of sp³-hybridized carbons (Fsp3) is 0.526. The van der Waals surface area contributed by atoms with Crippen LogP contribution in [0.4, 0.5) is 5.13 Å². The van der Waals surface area contributed by atoms with Gasteiger partial charge >= 0.3 is 0 Å². The smallest absolute Gasteiger partial charge is 0.257 e. The van der Waals surface area contributed by atoms with Gasteiger partial charge in [-0.05, 0) is 56.4 Å². The molecule has 3 rings (SSSR count). The molecule has 0 radical (unpaired) electrons. The van der Waals surface area contributed by atoms with Gasteiger partial charge in [-0.3, -0.25) is 10.1 Å². The van der Waals surface area contributed by atoms with Crippen LogP contribution >= 0.6 is 11.3 Å².